The molecule has 3 heterocycles. The maximum atomic E-state index is 5.93. The van der Waals surface area contributed by atoms with E-state index in [-0.39, 0.29) is 11.9 Å². The molecule has 4 rings (SSSR count). The van der Waals surface area contributed by atoms with Crippen LogP contribution in [-0.2, 0) is 0 Å². The SMILES string of the molecule is CN(C)CCCOc1cc(-c2ccc3[nH]cc(-c4ccnc(N)n4)c3c2)nc(N)n1. The number of hydrogen-bond acceptors (Lipinski definition) is 8. The molecule has 0 radical (unpaired) electrons. The smallest absolute Gasteiger partial charge is 0.223 e. The Morgan fingerprint density at radius 3 is 2.63 bits per heavy atom. The van der Waals surface area contributed by atoms with Crippen LogP contribution in [0, 0.1) is 0 Å². The second-order valence-electron chi connectivity index (χ2n) is 7.22. The van der Waals surface area contributed by atoms with Gasteiger partial charge in [0.05, 0.1) is 18.0 Å². The fourth-order valence-electron chi connectivity index (χ4n) is 3.24. The number of anilines is 2. The standard InChI is InChI=1S/C21H24N8O/c1-29(2)8-3-9-30-19-11-18(27-21(23)28-19)13-4-5-16-14(10-13)15(12-25-16)17-6-7-24-20(22)26-17/h4-7,10-12,25H,3,8-9H2,1-2H3,(H2,22,24,26)(H2,23,27,28). The first-order valence-corrected chi connectivity index (χ1v) is 9.62. The number of ether oxygens (including phenoxy) is 1. The summed E-state index contributed by atoms with van der Waals surface area (Å²) in [4.78, 5) is 22.3. The predicted octanol–water partition coefficient (Wildman–Crippen LogP) is 2.58. The van der Waals surface area contributed by atoms with Crippen molar-refractivity contribution in [2.45, 2.75) is 6.42 Å². The zero-order chi connectivity index (χ0) is 21.1. The molecule has 1 aromatic carbocycles. The molecule has 9 heteroatoms. The summed E-state index contributed by atoms with van der Waals surface area (Å²) < 4.78 is 5.78. The van der Waals surface area contributed by atoms with E-state index < -0.39 is 0 Å². The van der Waals surface area contributed by atoms with Gasteiger partial charge in [-0.25, -0.2) is 15.0 Å². The average Bonchev–Trinajstić information content (AvgIpc) is 3.14. The number of benzene rings is 1. The van der Waals surface area contributed by atoms with E-state index >= 15 is 0 Å². The Hall–Kier alpha value is -3.72. The molecule has 154 valence electrons. The molecule has 0 amide bonds. The quantitative estimate of drug-likeness (QED) is 0.400. The van der Waals surface area contributed by atoms with Crippen LogP contribution in [0.25, 0.3) is 33.4 Å². The molecule has 0 fully saturated rings. The highest BCUT2D eigenvalue weighted by atomic mass is 16.5. The highest BCUT2D eigenvalue weighted by Crippen LogP contribution is 2.31. The normalized spacial score (nSPS) is 11.3. The number of hydrogen-bond donors (Lipinski definition) is 3. The fourth-order valence-corrected chi connectivity index (χ4v) is 3.24. The van der Waals surface area contributed by atoms with Crippen LogP contribution in [0.4, 0.5) is 11.9 Å². The van der Waals surface area contributed by atoms with E-state index in [2.05, 4.69) is 29.8 Å². The average molecular weight is 404 g/mol. The van der Waals surface area contributed by atoms with Gasteiger partial charge in [-0.2, -0.15) is 4.98 Å². The Kier molecular flexibility index (Phi) is 5.44. The van der Waals surface area contributed by atoms with E-state index in [1.807, 2.05) is 50.6 Å². The molecule has 3 aromatic heterocycles. The number of fused-ring (bicyclic) bond motifs is 1. The highest BCUT2D eigenvalue weighted by molar-refractivity contribution is 5.97. The summed E-state index contributed by atoms with van der Waals surface area (Å²) in [6, 6.07) is 9.65. The van der Waals surface area contributed by atoms with Crippen LogP contribution in [0.5, 0.6) is 5.88 Å². The number of rotatable bonds is 7. The molecule has 5 N–H and O–H groups in total. The number of nitrogen functional groups attached to an aromatic ring is 2. The predicted molar refractivity (Wildman–Crippen MR) is 118 cm³/mol. The lowest BCUT2D eigenvalue weighted by Gasteiger charge is -2.11. The van der Waals surface area contributed by atoms with Crippen molar-refractivity contribution in [2.75, 3.05) is 38.7 Å². The Labute approximate surface area is 174 Å². The zero-order valence-electron chi connectivity index (χ0n) is 17.0. The Morgan fingerprint density at radius 1 is 1.00 bits per heavy atom. The lowest BCUT2D eigenvalue weighted by atomic mass is 10.1. The molecule has 0 aliphatic carbocycles. The van der Waals surface area contributed by atoms with Crippen LogP contribution in [-0.4, -0.2) is 57.1 Å². The van der Waals surface area contributed by atoms with E-state index in [9.17, 15) is 0 Å². The van der Waals surface area contributed by atoms with E-state index in [0.29, 0.717) is 18.2 Å². The third kappa shape index (κ3) is 4.31. The summed E-state index contributed by atoms with van der Waals surface area (Å²) in [6.45, 7) is 1.50. The van der Waals surface area contributed by atoms with Crippen LogP contribution in [0.15, 0.2) is 42.7 Å². The molecule has 0 aliphatic rings. The van der Waals surface area contributed by atoms with Crippen molar-refractivity contribution in [1.82, 2.24) is 29.8 Å². The van der Waals surface area contributed by atoms with E-state index in [4.69, 9.17) is 16.2 Å². The molecule has 0 unspecified atom stereocenters. The van der Waals surface area contributed by atoms with Gasteiger partial charge in [-0.05, 0) is 38.7 Å². The van der Waals surface area contributed by atoms with Crippen LogP contribution in [0.2, 0.25) is 0 Å². The molecule has 0 saturated heterocycles. The van der Waals surface area contributed by atoms with Crippen molar-refractivity contribution >= 4 is 22.8 Å². The lowest BCUT2D eigenvalue weighted by molar-refractivity contribution is 0.273. The van der Waals surface area contributed by atoms with Crippen molar-refractivity contribution in [3.8, 4) is 28.4 Å². The fraction of sp³-hybridized carbons (Fsp3) is 0.238. The first kappa shape index (κ1) is 19.6. The zero-order valence-corrected chi connectivity index (χ0v) is 17.0. The van der Waals surface area contributed by atoms with Gasteiger partial charge in [-0.1, -0.05) is 6.07 Å². The highest BCUT2D eigenvalue weighted by Gasteiger charge is 2.12. The van der Waals surface area contributed by atoms with Crippen LogP contribution < -0.4 is 16.2 Å². The lowest BCUT2D eigenvalue weighted by Crippen LogP contribution is -2.15. The summed E-state index contributed by atoms with van der Waals surface area (Å²) >= 11 is 0. The molecule has 4 aromatic rings. The molecular formula is C21H24N8O. The molecule has 0 atom stereocenters. The number of nitrogens with zero attached hydrogens (tertiary/aromatic N) is 5. The summed E-state index contributed by atoms with van der Waals surface area (Å²) in [5.41, 5.74) is 15.9. The third-order valence-electron chi connectivity index (χ3n) is 4.65. The van der Waals surface area contributed by atoms with Crippen molar-refractivity contribution in [3.05, 3.63) is 42.7 Å². The third-order valence-corrected chi connectivity index (χ3v) is 4.65. The van der Waals surface area contributed by atoms with Gasteiger partial charge in [0.1, 0.15) is 0 Å². The number of nitrogens with one attached hydrogen (secondary N) is 1. The van der Waals surface area contributed by atoms with Gasteiger partial charge in [0, 0.05) is 47.0 Å². The van der Waals surface area contributed by atoms with E-state index in [1.165, 1.54) is 0 Å². The molecule has 0 aliphatic heterocycles. The molecule has 0 spiro atoms. The first-order valence-electron chi connectivity index (χ1n) is 9.62. The summed E-state index contributed by atoms with van der Waals surface area (Å²) in [5, 5.41) is 0.997. The van der Waals surface area contributed by atoms with Gasteiger partial charge in [0.2, 0.25) is 17.8 Å². The number of nitrogens with two attached hydrogens (primary N) is 2. The summed E-state index contributed by atoms with van der Waals surface area (Å²) in [5.74, 6) is 0.875. The van der Waals surface area contributed by atoms with Crippen LogP contribution >= 0.6 is 0 Å². The molecule has 0 bridgehead atoms. The number of aromatic amines is 1. The van der Waals surface area contributed by atoms with Crippen LogP contribution in [0.1, 0.15) is 6.42 Å². The molecule has 30 heavy (non-hydrogen) atoms. The maximum Gasteiger partial charge on any atom is 0.223 e. The second-order valence-corrected chi connectivity index (χ2v) is 7.22. The van der Waals surface area contributed by atoms with Crippen molar-refractivity contribution in [2.24, 2.45) is 0 Å². The van der Waals surface area contributed by atoms with Gasteiger partial charge < -0.3 is 26.1 Å². The minimum atomic E-state index is 0.174. The Morgan fingerprint density at radius 2 is 1.83 bits per heavy atom. The largest absolute Gasteiger partial charge is 0.477 e. The summed E-state index contributed by atoms with van der Waals surface area (Å²) in [6.07, 6.45) is 4.45. The Balaban J connectivity index is 1.65. The van der Waals surface area contributed by atoms with Gasteiger partial charge in [0.15, 0.2) is 0 Å². The Bertz CT molecular complexity index is 1170. The van der Waals surface area contributed by atoms with E-state index in [0.717, 1.165) is 40.7 Å². The topological polar surface area (TPSA) is 132 Å². The first-order chi connectivity index (χ1) is 14.5. The van der Waals surface area contributed by atoms with Gasteiger partial charge in [0.25, 0.3) is 0 Å². The molecular weight excluding hydrogens is 380 g/mol. The van der Waals surface area contributed by atoms with Crippen molar-refractivity contribution in [1.29, 1.82) is 0 Å². The van der Waals surface area contributed by atoms with Gasteiger partial charge in [-0.3, -0.25) is 0 Å². The maximum absolute atomic E-state index is 5.93. The number of aromatic nitrogens is 5. The minimum absolute atomic E-state index is 0.174. The van der Waals surface area contributed by atoms with Crippen LogP contribution in [0.3, 0.4) is 0 Å². The second kappa shape index (κ2) is 8.34. The van der Waals surface area contributed by atoms with Gasteiger partial charge >= 0.3 is 0 Å². The van der Waals surface area contributed by atoms with Crippen molar-refractivity contribution in [3.63, 3.8) is 0 Å². The monoisotopic (exact) mass is 404 g/mol. The van der Waals surface area contributed by atoms with Crippen molar-refractivity contribution < 1.29 is 4.74 Å². The van der Waals surface area contributed by atoms with Gasteiger partial charge in [-0.15, -0.1) is 0 Å². The van der Waals surface area contributed by atoms with E-state index in [1.54, 1.807) is 6.20 Å². The minimum Gasteiger partial charge on any atom is -0.477 e. The molecule has 0 saturated carbocycles. The summed E-state index contributed by atoms with van der Waals surface area (Å²) in [7, 11) is 4.06. The number of H-pyrrole nitrogens is 1. The molecule has 9 nitrogen and oxygen atoms in total.